The Morgan fingerprint density at radius 1 is 1.06 bits per heavy atom. The van der Waals surface area contributed by atoms with Crippen LogP contribution in [-0.4, -0.2) is 0 Å². The van der Waals surface area contributed by atoms with E-state index in [4.69, 9.17) is 27.9 Å². The van der Waals surface area contributed by atoms with Gasteiger partial charge in [0.1, 0.15) is 5.75 Å². The van der Waals surface area contributed by atoms with E-state index in [0.29, 0.717) is 16.7 Å². The average Bonchev–Trinajstić information content (AvgIpc) is 2.34. The van der Waals surface area contributed by atoms with Crippen molar-refractivity contribution in [2.24, 2.45) is 0 Å². The average molecular weight is 271 g/mol. The first kappa shape index (κ1) is 12.2. The van der Waals surface area contributed by atoms with Crippen molar-refractivity contribution in [2.75, 3.05) is 0 Å². The number of rotatable bonds is 3. The molecule has 0 fully saturated rings. The zero-order chi connectivity index (χ0) is 12.3. The molecule has 0 aliphatic rings. The third-order valence-electron chi connectivity index (χ3n) is 2.21. The molecule has 17 heavy (non-hydrogen) atoms. The lowest BCUT2D eigenvalue weighted by Gasteiger charge is -2.08. The standard InChI is InChI=1S/C13H9Cl2FO/c14-8-9-5-6-12(10(15)7-9)17-13-4-2-1-3-11(13)16/h1-7H,8H2. The summed E-state index contributed by atoms with van der Waals surface area (Å²) < 4.78 is 18.8. The summed E-state index contributed by atoms with van der Waals surface area (Å²) in [5.74, 6) is 0.503. The van der Waals surface area contributed by atoms with Crippen LogP contribution in [0.15, 0.2) is 42.5 Å². The van der Waals surface area contributed by atoms with Crippen LogP contribution in [0.25, 0.3) is 0 Å². The van der Waals surface area contributed by atoms with E-state index in [2.05, 4.69) is 0 Å². The summed E-state index contributed by atoms with van der Waals surface area (Å²) in [6.45, 7) is 0. The molecule has 0 atom stereocenters. The molecular weight excluding hydrogens is 262 g/mol. The second-order valence-corrected chi connectivity index (χ2v) is 4.11. The van der Waals surface area contributed by atoms with Crippen molar-refractivity contribution in [2.45, 2.75) is 5.88 Å². The Balaban J connectivity index is 2.28. The largest absolute Gasteiger partial charge is 0.453 e. The van der Waals surface area contributed by atoms with Crippen molar-refractivity contribution >= 4 is 23.2 Å². The molecule has 0 aliphatic carbocycles. The first-order valence-electron chi connectivity index (χ1n) is 4.97. The molecule has 0 radical (unpaired) electrons. The van der Waals surface area contributed by atoms with E-state index in [9.17, 15) is 4.39 Å². The van der Waals surface area contributed by atoms with Gasteiger partial charge in [-0.2, -0.15) is 0 Å². The zero-order valence-corrected chi connectivity index (χ0v) is 10.3. The molecule has 0 saturated heterocycles. The predicted molar refractivity (Wildman–Crippen MR) is 67.5 cm³/mol. The van der Waals surface area contributed by atoms with Crippen LogP contribution >= 0.6 is 23.2 Å². The highest BCUT2D eigenvalue weighted by Crippen LogP contribution is 2.31. The lowest BCUT2D eigenvalue weighted by Crippen LogP contribution is -1.89. The fourth-order valence-corrected chi connectivity index (χ4v) is 1.76. The van der Waals surface area contributed by atoms with Crippen LogP contribution < -0.4 is 4.74 Å². The number of ether oxygens (including phenoxy) is 1. The van der Waals surface area contributed by atoms with Crippen LogP contribution in [-0.2, 0) is 5.88 Å². The Bertz CT molecular complexity index is 529. The van der Waals surface area contributed by atoms with Gasteiger partial charge < -0.3 is 4.74 Å². The van der Waals surface area contributed by atoms with E-state index in [-0.39, 0.29) is 5.75 Å². The Hall–Kier alpha value is -1.25. The van der Waals surface area contributed by atoms with Crippen LogP contribution in [0.1, 0.15) is 5.56 Å². The third-order valence-corrected chi connectivity index (χ3v) is 2.81. The van der Waals surface area contributed by atoms with Gasteiger partial charge in [-0.1, -0.05) is 29.8 Å². The minimum atomic E-state index is -0.426. The van der Waals surface area contributed by atoms with E-state index >= 15 is 0 Å². The Kier molecular flexibility index (Phi) is 3.87. The Morgan fingerprint density at radius 3 is 2.47 bits per heavy atom. The molecule has 0 heterocycles. The molecule has 4 heteroatoms. The first-order chi connectivity index (χ1) is 8.20. The SMILES string of the molecule is Fc1ccccc1Oc1ccc(CCl)cc1Cl. The number of hydrogen-bond acceptors (Lipinski definition) is 1. The number of alkyl halides is 1. The highest BCUT2D eigenvalue weighted by atomic mass is 35.5. The lowest BCUT2D eigenvalue weighted by molar-refractivity contribution is 0.442. The van der Waals surface area contributed by atoms with Crippen molar-refractivity contribution in [1.82, 2.24) is 0 Å². The van der Waals surface area contributed by atoms with Gasteiger partial charge in [0.05, 0.1) is 5.02 Å². The van der Waals surface area contributed by atoms with E-state index in [0.717, 1.165) is 5.56 Å². The molecule has 88 valence electrons. The van der Waals surface area contributed by atoms with Gasteiger partial charge in [0.2, 0.25) is 0 Å². The quantitative estimate of drug-likeness (QED) is 0.713. The summed E-state index contributed by atoms with van der Waals surface area (Å²) in [5, 5.41) is 0.409. The molecule has 0 N–H and O–H groups in total. The van der Waals surface area contributed by atoms with Gasteiger partial charge in [0.15, 0.2) is 11.6 Å². The van der Waals surface area contributed by atoms with Gasteiger partial charge in [0.25, 0.3) is 0 Å². The zero-order valence-electron chi connectivity index (χ0n) is 8.79. The monoisotopic (exact) mass is 270 g/mol. The highest BCUT2D eigenvalue weighted by Gasteiger charge is 2.07. The second kappa shape index (κ2) is 5.39. The number of para-hydroxylation sites is 1. The molecule has 2 rings (SSSR count). The van der Waals surface area contributed by atoms with Crippen LogP contribution in [0.2, 0.25) is 5.02 Å². The predicted octanol–water partition coefficient (Wildman–Crippen LogP) is 5.01. The summed E-state index contributed by atoms with van der Waals surface area (Å²) in [6.07, 6.45) is 0. The fraction of sp³-hybridized carbons (Fsp3) is 0.0769. The van der Waals surface area contributed by atoms with Gasteiger partial charge in [-0.25, -0.2) is 4.39 Å². The summed E-state index contributed by atoms with van der Waals surface area (Å²) >= 11 is 11.7. The lowest BCUT2D eigenvalue weighted by atomic mass is 10.2. The third kappa shape index (κ3) is 2.90. The first-order valence-corrected chi connectivity index (χ1v) is 5.88. The highest BCUT2D eigenvalue weighted by molar-refractivity contribution is 6.32. The molecule has 0 aliphatic heterocycles. The maximum Gasteiger partial charge on any atom is 0.165 e. The van der Waals surface area contributed by atoms with E-state index < -0.39 is 5.82 Å². The fourth-order valence-electron chi connectivity index (χ4n) is 1.36. The van der Waals surface area contributed by atoms with E-state index in [1.165, 1.54) is 6.07 Å². The number of halogens is 3. The summed E-state index contributed by atoms with van der Waals surface area (Å²) in [4.78, 5) is 0. The van der Waals surface area contributed by atoms with Gasteiger partial charge in [-0.05, 0) is 29.8 Å². The Morgan fingerprint density at radius 2 is 1.82 bits per heavy atom. The Labute approximate surface area is 109 Å². The normalized spacial score (nSPS) is 10.3. The topological polar surface area (TPSA) is 9.23 Å². The number of hydrogen-bond donors (Lipinski definition) is 0. The minimum Gasteiger partial charge on any atom is -0.453 e. The van der Waals surface area contributed by atoms with Crippen LogP contribution in [0.3, 0.4) is 0 Å². The second-order valence-electron chi connectivity index (χ2n) is 3.43. The molecule has 2 aromatic carbocycles. The van der Waals surface area contributed by atoms with Gasteiger partial charge >= 0.3 is 0 Å². The maximum absolute atomic E-state index is 13.4. The summed E-state index contributed by atoms with van der Waals surface area (Å²) in [7, 11) is 0. The molecule has 0 spiro atoms. The molecule has 2 aromatic rings. The molecule has 0 aromatic heterocycles. The molecule has 0 bridgehead atoms. The minimum absolute atomic E-state index is 0.146. The molecule has 1 nitrogen and oxygen atoms in total. The maximum atomic E-state index is 13.4. The molecular formula is C13H9Cl2FO. The molecule has 0 saturated carbocycles. The van der Waals surface area contributed by atoms with E-state index in [1.54, 1.807) is 36.4 Å². The van der Waals surface area contributed by atoms with Crippen LogP contribution in [0.5, 0.6) is 11.5 Å². The van der Waals surface area contributed by atoms with Gasteiger partial charge in [-0.15, -0.1) is 11.6 Å². The number of benzene rings is 2. The summed E-state index contributed by atoms with van der Waals surface area (Å²) in [6, 6.07) is 11.3. The van der Waals surface area contributed by atoms with Crippen molar-refractivity contribution in [3.05, 3.63) is 58.9 Å². The molecule has 0 unspecified atom stereocenters. The summed E-state index contributed by atoms with van der Waals surface area (Å²) in [5.41, 5.74) is 0.887. The van der Waals surface area contributed by atoms with E-state index in [1.807, 2.05) is 0 Å². The molecule has 0 amide bonds. The van der Waals surface area contributed by atoms with Crippen LogP contribution in [0.4, 0.5) is 4.39 Å². The van der Waals surface area contributed by atoms with Crippen molar-refractivity contribution in [3.8, 4) is 11.5 Å². The van der Waals surface area contributed by atoms with Crippen molar-refractivity contribution in [3.63, 3.8) is 0 Å². The van der Waals surface area contributed by atoms with Crippen LogP contribution in [0, 0.1) is 5.82 Å². The van der Waals surface area contributed by atoms with Crippen molar-refractivity contribution < 1.29 is 9.13 Å². The van der Waals surface area contributed by atoms with Crippen molar-refractivity contribution in [1.29, 1.82) is 0 Å². The van der Waals surface area contributed by atoms with Gasteiger partial charge in [0, 0.05) is 5.88 Å². The smallest absolute Gasteiger partial charge is 0.165 e. The van der Waals surface area contributed by atoms with Gasteiger partial charge in [-0.3, -0.25) is 0 Å².